The number of rotatable bonds is 5. The first kappa shape index (κ1) is 16.3. The zero-order chi connectivity index (χ0) is 16.4. The molecular formula is C16H23N3O3. The molecule has 2 N–H and O–H groups in total. The molecule has 0 aliphatic rings. The quantitative estimate of drug-likeness (QED) is 0.887. The molecule has 2 aromatic heterocycles. The number of amides is 1. The van der Waals surface area contributed by atoms with Crippen LogP contribution < -0.4 is 5.32 Å². The highest BCUT2D eigenvalue weighted by molar-refractivity contribution is 5.96. The van der Waals surface area contributed by atoms with Crippen molar-refractivity contribution in [3.05, 3.63) is 34.8 Å². The van der Waals surface area contributed by atoms with E-state index in [1.54, 1.807) is 0 Å². The Morgan fingerprint density at radius 3 is 2.59 bits per heavy atom. The van der Waals surface area contributed by atoms with Crippen LogP contribution in [0.1, 0.15) is 41.4 Å². The number of aliphatic hydroxyl groups excluding tert-OH is 1. The SMILES string of the molecule is Cc1cc(-n2c(C)cc(C(=O)NC(C)C(C)CO)c2C)no1. The Morgan fingerprint density at radius 1 is 1.36 bits per heavy atom. The molecule has 120 valence electrons. The number of nitrogens with one attached hydrogen (secondary N) is 1. The smallest absolute Gasteiger partial charge is 0.253 e. The van der Waals surface area contributed by atoms with Gasteiger partial charge in [0.15, 0.2) is 5.82 Å². The van der Waals surface area contributed by atoms with Gasteiger partial charge in [-0.05, 0) is 39.7 Å². The molecule has 0 aliphatic carbocycles. The fraction of sp³-hybridized carbons (Fsp3) is 0.500. The molecule has 2 heterocycles. The second kappa shape index (κ2) is 6.36. The van der Waals surface area contributed by atoms with Gasteiger partial charge in [0.05, 0.1) is 5.56 Å². The second-order valence-electron chi connectivity index (χ2n) is 5.84. The largest absolute Gasteiger partial charge is 0.396 e. The van der Waals surface area contributed by atoms with Gasteiger partial charge in [0.2, 0.25) is 0 Å². The molecule has 0 aromatic carbocycles. The van der Waals surface area contributed by atoms with Crippen molar-refractivity contribution in [2.75, 3.05) is 6.61 Å². The molecule has 6 nitrogen and oxygen atoms in total. The van der Waals surface area contributed by atoms with Gasteiger partial charge < -0.3 is 14.9 Å². The van der Waals surface area contributed by atoms with Crippen LogP contribution in [0.3, 0.4) is 0 Å². The van der Waals surface area contributed by atoms with Gasteiger partial charge in [0, 0.05) is 30.1 Å². The number of nitrogens with zero attached hydrogens (tertiary/aromatic N) is 2. The number of aryl methyl sites for hydroxylation is 2. The van der Waals surface area contributed by atoms with Crippen LogP contribution in [-0.2, 0) is 0 Å². The van der Waals surface area contributed by atoms with Gasteiger partial charge in [-0.1, -0.05) is 12.1 Å². The van der Waals surface area contributed by atoms with E-state index in [0.29, 0.717) is 11.4 Å². The number of hydrogen-bond donors (Lipinski definition) is 2. The molecule has 0 saturated carbocycles. The average molecular weight is 305 g/mol. The number of carbonyl (C=O) groups is 1. The monoisotopic (exact) mass is 305 g/mol. The Hall–Kier alpha value is -2.08. The highest BCUT2D eigenvalue weighted by Crippen LogP contribution is 2.21. The third-order valence-corrected chi connectivity index (χ3v) is 4.02. The van der Waals surface area contributed by atoms with Crippen molar-refractivity contribution in [1.82, 2.24) is 15.0 Å². The van der Waals surface area contributed by atoms with Gasteiger partial charge in [-0.25, -0.2) is 0 Å². The summed E-state index contributed by atoms with van der Waals surface area (Å²) < 4.78 is 7.00. The van der Waals surface area contributed by atoms with Crippen molar-refractivity contribution in [2.24, 2.45) is 5.92 Å². The summed E-state index contributed by atoms with van der Waals surface area (Å²) in [4.78, 5) is 12.4. The molecule has 2 rings (SSSR count). The van der Waals surface area contributed by atoms with Crippen molar-refractivity contribution in [1.29, 1.82) is 0 Å². The van der Waals surface area contributed by atoms with E-state index in [1.807, 2.05) is 51.3 Å². The number of hydrogen-bond acceptors (Lipinski definition) is 4. The first-order chi connectivity index (χ1) is 10.3. The third-order valence-electron chi connectivity index (χ3n) is 4.02. The van der Waals surface area contributed by atoms with Crippen LogP contribution in [0.2, 0.25) is 0 Å². The summed E-state index contributed by atoms with van der Waals surface area (Å²) in [5.41, 5.74) is 2.33. The van der Waals surface area contributed by atoms with Crippen molar-refractivity contribution >= 4 is 5.91 Å². The van der Waals surface area contributed by atoms with E-state index in [-0.39, 0.29) is 24.5 Å². The van der Waals surface area contributed by atoms with Gasteiger partial charge in [-0.3, -0.25) is 9.36 Å². The molecule has 0 spiro atoms. The Labute approximate surface area is 130 Å². The van der Waals surface area contributed by atoms with Gasteiger partial charge in [0.25, 0.3) is 5.91 Å². The minimum atomic E-state index is -0.146. The molecule has 0 radical (unpaired) electrons. The fourth-order valence-electron chi connectivity index (χ4n) is 2.39. The molecule has 6 heteroatoms. The molecule has 0 aliphatic heterocycles. The molecule has 0 fully saturated rings. The Kier molecular flexibility index (Phi) is 4.71. The van der Waals surface area contributed by atoms with Crippen LogP contribution in [0, 0.1) is 26.7 Å². The average Bonchev–Trinajstić information content (AvgIpc) is 3.01. The maximum atomic E-state index is 12.4. The van der Waals surface area contributed by atoms with Crippen molar-refractivity contribution < 1.29 is 14.4 Å². The lowest BCUT2D eigenvalue weighted by molar-refractivity contribution is 0.0915. The first-order valence-electron chi connectivity index (χ1n) is 7.39. The minimum absolute atomic E-state index is 0.00521. The summed E-state index contributed by atoms with van der Waals surface area (Å²) in [6.45, 7) is 9.46. The summed E-state index contributed by atoms with van der Waals surface area (Å²) in [5.74, 6) is 1.25. The summed E-state index contributed by atoms with van der Waals surface area (Å²) >= 11 is 0. The van der Waals surface area contributed by atoms with Gasteiger partial charge in [-0.2, -0.15) is 0 Å². The van der Waals surface area contributed by atoms with Gasteiger partial charge in [-0.15, -0.1) is 0 Å². The topological polar surface area (TPSA) is 80.3 Å². The van der Waals surface area contributed by atoms with Crippen LogP contribution in [0.5, 0.6) is 0 Å². The van der Waals surface area contributed by atoms with Crippen LogP contribution >= 0.6 is 0 Å². The van der Waals surface area contributed by atoms with E-state index in [1.165, 1.54) is 0 Å². The normalized spacial score (nSPS) is 13.9. The van der Waals surface area contributed by atoms with Crippen LogP contribution in [-0.4, -0.2) is 33.4 Å². The third kappa shape index (κ3) is 3.06. The molecule has 2 aromatic rings. The lowest BCUT2D eigenvalue weighted by Crippen LogP contribution is -2.38. The highest BCUT2D eigenvalue weighted by Gasteiger charge is 2.21. The molecule has 0 saturated heterocycles. The zero-order valence-corrected chi connectivity index (χ0v) is 13.7. The number of aromatic nitrogens is 2. The van der Waals surface area contributed by atoms with E-state index in [0.717, 1.165) is 17.1 Å². The predicted molar refractivity (Wildman–Crippen MR) is 83.2 cm³/mol. The maximum absolute atomic E-state index is 12.4. The fourth-order valence-corrected chi connectivity index (χ4v) is 2.39. The Balaban J connectivity index is 2.28. The first-order valence-corrected chi connectivity index (χ1v) is 7.39. The van der Waals surface area contributed by atoms with Crippen molar-refractivity contribution in [3.63, 3.8) is 0 Å². The molecule has 1 amide bonds. The van der Waals surface area contributed by atoms with E-state index < -0.39 is 0 Å². The summed E-state index contributed by atoms with van der Waals surface area (Å²) in [5, 5.41) is 16.1. The minimum Gasteiger partial charge on any atom is -0.396 e. The van der Waals surface area contributed by atoms with Gasteiger partial charge >= 0.3 is 0 Å². The van der Waals surface area contributed by atoms with Crippen molar-refractivity contribution in [3.8, 4) is 5.82 Å². The van der Waals surface area contributed by atoms with Crippen LogP contribution in [0.15, 0.2) is 16.7 Å². The molecular weight excluding hydrogens is 282 g/mol. The Bertz CT molecular complexity index is 672. The van der Waals surface area contributed by atoms with E-state index >= 15 is 0 Å². The maximum Gasteiger partial charge on any atom is 0.253 e. The second-order valence-corrected chi connectivity index (χ2v) is 5.84. The van der Waals surface area contributed by atoms with Crippen LogP contribution in [0.4, 0.5) is 0 Å². The van der Waals surface area contributed by atoms with Crippen LogP contribution in [0.25, 0.3) is 5.82 Å². The number of aliphatic hydroxyl groups is 1. The summed E-state index contributed by atoms with van der Waals surface area (Å²) in [7, 11) is 0. The molecule has 2 atom stereocenters. The molecule has 0 bridgehead atoms. The molecule has 2 unspecified atom stereocenters. The zero-order valence-electron chi connectivity index (χ0n) is 13.7. The van der Waals surface area contributed by atoms with Crippen molar-refractivity contribution in [2.45, 2.75) is 40.7 Å². The predicted octanol–water partition coefficient (Wildman–Crippen LogP) is 2.14. The van der Waals surface area contributed by atoms with Gasteiger partial charge in [0.1, 0.15) is 5.76 Å². The Morgan fingerprint density at radius 2 is 2.05 bits per heavy atom. The standard InChI is InChI=1S/C16H23N3O3/c1-9(8-20)12(4)17-16(21)14-6-10(2)19(13(14)5)15-7-11(3)22-18-15/h6-7,9,12,20H,8H2,1-5H3,(H,17,21). The summed E-state index contributed by atoms with van der Waals surface area (Å²) in [6, 6.07) is 3.57. The number of carbonyl (C=O) groups excluding carboxylic acids is 1. The lowest BCUT2D eigenvalue weighted by Gasteiger charge is -2.19. The van der Waals surface area contributed by atoms with E-state index in [9.17, 15) is 4.79 Å². The molecule has 22 heavy (non-hydrogen) atoms. The lowest BCUT2D eigenvalue weighted by atomic mass is 10.0. The van der Waals surface area contributed by atoms with E-state index in [2.05, 4.69) is 10.5 Å². The summed E-state index contributed by atoms with van der Waals surface area (Å²) in [6.07, 6.45) is 0. The van der Waals surface area contributed by atoms with E-state index in [4.69, 9.17) is 9.63 Å². The highest BCUT2D eigenvalue weighted by atomic mass is 16.5.